The van der Waals surface area contributed by atoms with Gasteiger partial charge in [0.2, 0.25) is 0 Å². The smallest absolute Gasteiger partial charge is 0.309 e. The summed E-state index contributed by atoms with van der Waals surface area (Å²) in [7, 11) is -2.79. The second-order valence-corrected chi connectivity index (χ2v) is 6.39. The minimum atomic E-state index is -2.79. The zero-order chi connectivity index (χ0) is 14.0. The average molecular weight is 276 g/mol. The Morgan fingerprint density at radius 2 is 1.56 bits per heavy atom. The average Bonchev–Trinajstić information content (AvgIpc) is 2.31. The van der Waals surface area contributed by atoms with Crippen LogP contribution in [-0.2, 0) is 13.6 Å². The Morgan fingerprint density at radius 3 is 1.78 bits per heavy atom. The number of benzene rings is 1. The van der Waals surface area contributed by atoms with E-state index < -0.39 is 7.60 Å². The largest absolute Gasteiger partial charge is 0.333 e. The lowest BCUT2D eigenvalue weighted by Crippen LogP contribution is -2.05. The molecule has 0 amide bonds. The molecule has 0 aliphatic heterocycles. The summed E-state index contributed by atoms with van der Waals surface area (Å²) < 4.78 is 33.7. The summed E-state index contributed by atoms with van der Waals surface area (Å²) in [5, 5.41) is 0. The van der Waals surface area contributed by atoms with Gasteiger partial charge in [-0.1, -0.05) is 32.0 Å². The van der Waals surface area contributed by atoms with E-state index in [-0.39, 0.29) is 11.5 Å². The second kappa shape index (κ2) is 9.26. The molecule has 5 heteroatoms. The topological polar surface area (TPSA) is 35.5 Å². The molecule has 0 aliphatic carbocycles. The molecule has 104 valence electrons. The third kappa shape index (κ3) is 6.90. The van der Waals surface area contributed by atoms with Crippen LogP contribution in [0.15, 0.2) is 30.3 Å². The fourth-order valence-corrected chi connectivity index (χ4v) is 2.50. The molecule has 0 N–H and O–H groups in total. The van der Waals surface area contributed by atoms with Crippen LogP contribution >= 0.6 is 7.60 Å². The van der Waals surface area contributed by atoms with E-state index in [1.54, 1.807) is 18.2 Å². The first-order chi connectivity index (χ1) is 8.46. The van der Waals surface area contributed by atoms with Gasteiger partial charge in [0.05, 0.1) is 18.9 Å². The first-order valence-corrected chi connectivity index (χ1v) is 7.66. The summed E-state index contributed by atoms with van der Waals surface area (Å²) in [6.45, 7) is 8.19. The molecule has 0 atom stereocenters. The van der Waals surface area contributed by atoms with Crippen molar-refractivity contribution in [2.24, 2.45) is 0 Å². The number of halogens is 1. The Labute approximate surface area is 109 Å². The molecule has 0 heterocycles. The van der Waals surface area contributed by atoms with Crippen molar-refractivity contribution in [1.29, 1.82) is 0 Å². The zero-order valence-electron chi connectivity index (χ0n) is 11.4. The number of hydrogen-bond acceptors (Lipinski definition) is 3. The van der Waals surface area contributed by atoms with E-state index in [9.17, 15) is 8.96 Å². The summed E-state index contributed by atoms with van der Waals surface area (Å²) in [5.74, 6) is -0.178. The highest BCUT2D eigenvalue weighted by molar-refractivity contribution is 7.54. The summed E-state index contributed by atoms with van der Waals surface area (Å²) in [4.78, 5) is 0. The number of rotatable bonds is 5. The minimum absolute atomic E-state index is 0.0533. The van der Waals surface area contributed by atoms with E-state index in [2.05, 4.69) is 0 Å². The SMILES string of the molecule is CCOP(=O)(OCC)C(C)C.Fc1ccccc1. The Kier molecular flexibility index (Phi) is 8.90. The molecular weight excluding hydrogens is 254 g/mol. The van der Waals surface area contributed by atoms with Gasteiger partial charge in [0.15, 0.2) is 0 Å². The molecule has 3 nitrogen and oxygen atoms in total. The van der Waals surface area contributed by atoms with Gasteiger partial charge in [0.25, 0.3) is 0 Å². The van der Waals surface area contributed by atoms with Gasteiger partial charge in [-0.15, -0.1) is 0 Å². The monoisotopic (exact) mass is 276 g/mol. The van der Waals surface area contributed by atoms with Crippen LogP contribution in [0, 0.1) is 5.82 Å². The summed E-state index contributed by atoms with van der Waals surface area (Å²) >= 11 is 0. The van der Waals surface area contributed by atoms with Crippen molar-refractivity contribution in [3.8, 4) is 0 Å². The molecule has 1 aromatic rings. The molecular formula is C13H22FO3P. The highest BCUT2D eigenvalue weighted by Gasteiger charge is 2.27. The van der Waals surface area contributed by atoms with Crippen molar-refractivity contribution in [3.05, 3.63) is 36.1 Å². The molecule has 0 fully saturated rings. The molecule has 0 radical (unpaired) electrons. The molecule has 0 aromatic heterocycles. The van der Waals surface area contributed by atoms with Crippen LogP contribution in [0.2, 0.25) is 0 Å². The minimum Gasteiger partial charge on any atom is -0.309 e. The lowest BCUT2D eigenvalue weighted by Gasteiger charge is -2.19. The van der Waals surface area contributed by atoms with Crippen molar-refractivity contribution < 1.29 is 18.0 Å². The van der Waals surface area contributed by atoms with Gasteiger partial charge < -0.3 is 9.05 Å². The molecule has 0 saturated carbocycles. The Balaban J connectivity index is 0.000000351. The van der Waals surface area contributed by atoms with Crippen LogP contribution in [0.3, 0.4) is 0 Å². The quantitative estimate of drug-likeness (QED) is 0.743. The van der Waals surface area contributed by atoms with Gasteiger partial charge in [0.1, 0.15) is 5.82 Å². The summed E-state index contributed by atoms with van der Waals surface area (Å²) in [5.41, 5.74) is -0.0533. The van der Waals surface area contributed by atoms with E-state index in [1.807, 2.05) is 27.7 Å². The normalized spacial score (nSPS) is 11.0. The zero-order valence-corrected chi connectivity index (χ0v) is 12.3. The third-order valence-electron chi connectivity index (χ3n) is 1.98. The molecule has 0 unspecified atom stereocenters. The van der Waals surface area contributed by atoms with Crippen LogP contribution in [0.25, 0.3) is 0 Å². The lowest BCUT2D eigenvalue weighted by molar-refractivity contribution is 0.214. The molecule has 1 rings (SSSR count). The summed E-state index contributed by atoms with van der Waals surface area (Å²) in [6.07, 6.45) is 0. The molecule has 0 bridgehead atoms. The maximum absolute atomic E-state index is 11.9. The predicted octanol–water partition coefficient (Wildman–Crippen LogP) is 4.49. The number of hydrogen-bond donors (Lipinski definition) is 0. The lowest BCUT2D eigenvalue weighted by atomic mass is 10.4. The maximum atomic E-state index is 11.9. The van der Waals surface area contributed by atoms with E-state index in [0.29, 0.717) is 13.2 Å². The Hall–Kier alpha value is -0.700. The van der Waals surface area contributed by atoms with E-state index in [0.717, 1.165) is 0 Å². The first-order valence-electron chi connectivity index (χ1n) is 6.05. The maximum Gasteiger partial charge on any atom is 0.333 e. The standard InChI is InChI=1S/C7H17O3P.C6H5F/c1-5-9-11(8,7(3)4)10-6-2;7-6-4-2-1-3-5-6/h7H,5-6H2,1-4H3;1-5H. The molecule has 1 aromatic carbocycles. The van der Waals surface area contributed by atoms with Crippen LogP contribution in [-0.4, -0.2) is 18.9 Å². The second-order valence-electron chi connectivity index (χ2n) is 3.76. The van der Waals surface area contributed by atoms with E-state index in [4.69, 9.17) is 9.05 Å². The van der Waals surface area contributed by atoms with Crippen LogP contribution in [0.4, 0.5) is 4.39 Å². The van der Waals surface area contributed by atoms with Gasteiger partial charge in [-0.2, -0.15) is 0 Å². The predicted molar refractivity (Wildman–Crippen MR) is 72.4 cm³/mol. The van der Waals surface area contributed by atoms with Crippen LogP contribution < -0.4 is 0 Å². The fraction of sp³-hybridized carbons (Fsp3) is 0.538. The highest BCUT2D eigenvalue weighted by atomic mass is 31.2. The highest BCUT2D eigenvalue weighted by Crippen LogP contribution is 2.52. The third-order valence-corrected chi connectivity index (χ3v) is 4.48. The fourth-order valence-electron chi connectivity index (χ4n) is 1.11. The molecule has 0 spiro atoms. The van der Waals surface area contributed by atoms with E-state index >= 15 is 0 Å². The Bertz CT molecular complexity index is 345. The van der Waals surface area contributed by atoms with Gasteiger partial charge in [-0.3, -0.25) is 4.57 Å². The van der Waals surface area contributed by atoms with Gasteiger partial charge in [0, 0.05) is 0 Å². The molecule has 0 saturated heterocycles. The molecule has 18 heavy (non-hydrogen) atoms. The van der Waals surface area contributed by atoms with Crippen molar-refractivity contribution in [3.63, 3.8) is 0 Å². The van der Waals surface area contributed by atoms with Gasteiger partial charge in [-0.25, -0.2) is 4.39 Å². The van der Waals surface area contributed by atoms with Gasteiger partial charge >= 0.3 is 7.60 Å². The van der Waals surface area contributed by atoms with E-state index in [1.165, 1.54) is 12.1 Å². The summed E-state index contributed by atoms with van der Waals surface area (Å²) in [6, 6.07) is 7.94. The van der Waals surface area contributed by atoms with Crippen molar-refractivity contribution in [1.82, 2.24) is 0 Å². The van der Waals surface area contributed by atoms with Gasteiger partial charge in [-0.05, 0) is 26.0 Å². The Morgan fingerprint density at radius 1 is 1.11 bits per heavy atom. The van der Waals surface area contributed by atoms with Crippen molar-refractivity contribution >= 4 is 7.60 Å². The van der Waals surface area contributed by atoms with Crippen molar-refractivity contribution in [2.75, 3.05) is 13.2 Å². The molecule has 0 aliphatic rings. The van der Waals surface area contributed by atoms with Crippen LogP contribution in [0.1, 0.15) is 27.7 Å². The first kappa shape index (κ1) is 17.3. The van der Waals surface area contributed by atoms with Crippen LogP contribution in [0.5, 0.6) is 0 Å². The van der Waals surface area contributed by atoms with Crippen molar-refractivity contribution in [2.45, 2.75) is 33.4 Å².